The Bertz CT molecular complexity index is 860. The van der Waals surface area contributed by atoms with Crippen LogP contribution >= 0.6 is 0 Å². The molecule has 1 aliphatic rings. The summed E-state index contributed by atoms with van der Waals surface area (Å²) < 4.78 is 1.66. The Morgan fingerprint density at radius 1 is 1.08 bits per heavy atom. The monoisotopic (exact) mass is 340 g/mol. The SMILES string of the molecule is Cc1cc(C)c2c(c1)c(C)cc(=O)n2C(C)C(=O)NC1CCCCC1. The third-order valence-corrected chi connectivity index (χ3v) is 5.41. The number of hydrogen-bond acceptors (Lipinski definition) is 2. The second-order valence-electron chi connectivity index (χ2n) is 7.53. The molecule has 1 N–H and O–H groups in total. The number of carbonyl (C=O) groups is 1. The average molecular weight is 340 g/mol. The molecular weight excluding hydrogens is 312 g/mol. The van der Waals surface area contributed by atoms with E-state index < -0.39 is 6.04 Å². The van der Waals surface area contributed by atoms with Gasteiger partial charge in [-0.15, -0.1) is 0 Å². The maximum Gasteiger partial charge on any atom is 0.252 e. The minimum Gasteiger partial charge on any atom is -0.352 e. The molecule has 3 rings (SSSR count). The molecule has 25 heavy (non-hydrogen) atoms. The van der Waals surface area contributed by atoms with Gasteiger partial charge in [-0.1, -0.05) is 30.9 Å². The van der Waals surface area contributed by atoms with E-state index in [2.05, 4.69) is 24.4 Å². The maximum absolute atomic E-state index is 12.8. The molecule has 1 aromatic heterocycles. The molecule has 2 aromatic rings. The van der Waals surface area contributed by atoms with Crippen LogP contribution in [0.5, 0.6) is 0 Å². The van der Waals surface area contributed by atoms with Crippen LogP contribution in [-0.4, -0.2) is 16.5 Å². The molecule has 0 radical (unpaired) electrons. The van der Waals surface area contributed by atoms with Crippen molar-refractivity contribution in [2.24, 2.45) is 0 Å². The Hall–Kier alpha value is -2.10. The number of nitrogens with one attached hydrogen (secondary N) is 1. The van der Waals surface area contributed by atoms with Gasteiger partial charge in [0.2, 0.25) is 5.91 Å². The third-order valence-electron chi connectivity index (χ3n) is 5.41. The fourth-order valence-corrected chi connectivity index (χ4v) is 4.09. The molecule has 1 saturated carbocycles. The van der Waals surface area contributed by atoms with Crippen molar-refractivity contribution < 1.29 is 4.79 Å². The average Bonchev–Trinajstić information content (AvgIpc) is 2.56. The van der Waals surface area contributed by atoms with Gasteiger partial charge in [-0.05, 0) is 57.7 Å². The highest BCUT2D eigenvalue weighted by molar-refractivity contribution is 5.89. The number of fused-ring (bicyclic) bond motifs is 1. The summed E-state index contributed by atoms with van der Waals surface area (Å²) in [6.45, 7) is 7.85. The Balaban J connectivity index is 2.02. The predicted octanol–water partition coefficient (Wildman–Crippen LogP) is 3.94. The van der Waals surface area contributed by atoms with Crippen LogP contribution < -0.4 is 10.9 Å². The molecule has 1 aliphatic carbocycles. The quantitative estimate of drug-likeness (QED) is 0.920. The largest absolute Gasteiger partial charge is 0.352 e. The van der Waals surface area contributed by atoms with E-state index in [9.17, 15) is 9.59 Å². The van der Waals surface area contributed by atoms with Crippen LogP contribution in [0.25, 0.3) is 10.9 Å². The first-order valence-electron chi connectivity index (χ1n) is 9.32. The van der Waals surface area contributed by atoms with Crippen molar-refractivity contribution in [1.29, 1.82) is 0 Å². The van der Waals surface area contributed by atoms with Gasteiger partial charge in [0.05, 0.1) is 5.52 Å². The Labute approximate surface area is 149 Å². The summed E-state index contributed by atoms with van der Waals surface area (Å²) in [5.74, 6) is -0.0564. The van der Waals surface area contributed by atoms with Crippen molar-refractivity contribution in [2.75, 3.05) is 0 Å². The smallest absolute Gasteiger partial charge is 0.252 e. The van der Waals surface area contributed by atoms with Gasteiger partial charge in [-0.2, -0.15) is 0 Å². The van der Waals surface area contributed by atoms with E-state index in [1.165, 1.54) is 19.3 Å². The highest BCUT2D eigenvalue weighted by Crippen LogP contribution is 2.25. The molecule has 0 aliphatic heterocycles. The van der Waals surface area contributed by atoms with E-state index >= 15 is 0 Å². The Morgan fingerprint density at radius 2 is 1.76 bits per heavy atom. The van der Waals surface area contributed by atoms with Crippen molar-refractivity contribution in [1.82, 2.24) is 9.88 Å². The van der Waals surface area contributed by atoms with E-state index in [1.54, 1.807) is 10.6 Å². The molecule has 4 heteroatoms. The molecule has 1 fully saturated rings. The lowest BCUT2D eigenvalue weighted by Crippen LogP contribution is -2.42. The van der Waals surface area contributed by atoms with Crippen LogP contribution in [0.2, 0.25) is 0 Å². The van der Waals surface area contributed by atoms with E-state index in [4.69, 9.17) is 0 Å². The van der Waals surface area contributed by atoms with Crippen molar-refractivity contribution >= 4 is 16.8 Å². The number of aromatic nitrogens is 1. The van der Waals surface area contributed by atoms with Crippen LogP contribution in [0.3, 0.4) is 0 Å². The summed E-state index contributed by atoms with van der Waals surface area (Å²) in [6, 6.07) is 5.55. The maximum atomic E-state index is 12.8. The van der Waals surface area contributed by atoms with Gasteiger partial charge >= 0.3 is 0 Å². The van der Waals surface area contributed by atoms with Gasteiger partial charge < -0.3 is 5.32 Å². The van der Waals surface area contributed by atoms with Gasteiger partial charge in [-0.25, -0.2) is 0 Å². The zero-order valence-corrected chi connectivity index (χ0v) is 15.7. The summed E-state index contributed by atoms with van der Waals surface area (Å²) in [4.78, 5) is 25.5. The van der Waals surface area contributed by atoms with Gasteiger partial charge in [0.25, 0.3) is 5.56 Å². The lowest BCUT2D eigenvalue weighted by molar-refractivity contribution is -0.124. The van der Waals surface area contributed by atoms with Crippen molar-refractivity contribution in [3.05, 3.63) is 45.2 Å². The summed E-state index contributed by atoms with van der Waals surface area (Å²) >= 11 is 0. The number of pyridine rings is 1. The number of nitrogens with zero attached hydrogens (tertiary/aromatic N) is 1. The Kier molecular flexibility index (Phi) is 4.98. The van der Waals surface area contributed by atoms with E-state index in [0.717, 1.165) is 40.4 Å². The first kappa shape index (κ1) is 17.7. The molecular formula is C21H28N2O2. The predicted molar refractivity (Wildman–Crippen MR) is 102 cm³/mol. The van der Waals surface area contributed by atoms with Gasteiger partial charge in [0.15, 0.2) is 0 Å². The van der Waals surface area contributed by atoms with Crippen molar-refractivity contribution in [3.63, 3.8) is 0 Å². The summed E-state index contributed by atoms with van der Waals surface area (Å²) in [5, 5.41) is 4.21. The van der Waals surface area contributed by atoms with Crippen molar-refractivity contribution in [3.8, 4) is 0 Å². The van der Waals surface area contributed by atoms with Crippen molar-refractivity contribution in [2.45, 2.75) is 71.9 Å². The van der Waals surface area contributed by atoms with Crippen LogP contribution in [0, 0.1) is 20.8 Å². The first-order chi connectivity index (χ1) is 11.9. The van der Waals surface area contributed by atoms with Crippen LogP contribution in [-0.2, 0) is 4.79 Å². The summed E-state index contributed by atoms with van der Waals surface area (Å²) in [7, 11) is 0. The number of hydrogen-bond donors (Lipinski definition) is 1. The Morgan fingerprint density at radius 3 is 2.44 bits per heavy atom. The van der Waals surface area contributed by atoms with E-state index in [-0.39, 0.29) is 17.5 Å². The molecule has 1 heterocycles. The molecule has 0 saturated heterocycles. The summed E-state index contributed by atoms with van der Waals surface area (Å²) in [6.07, 6.45) is 5.68. The van der Waals surface area contributed by atoms with Gasteiger partial charge in [-0.3, -0.25) is 14.2 Å². The molecule has 134 valence electrons. The second kappa shape index (κ2) is 7.03. The van der Waals surface area contributed by atoms with E-state index in [1.807, 2.05) is 20.8 Å². The van der Waals surface area contributed by atoms with Gasteiger partial charge in [0.1, 0.15) is 6.04 Å². The molecule has 0 bridgehead atoms. The molecule has 1 amide bonds. The molecule has 1 atom stereocenters. The highest BCUT2D eigenvalue weighted by atomic mass is 16.2. The summed E-state index contributed by atoms with van der Waals surface area (Å²) in [5.41, 5.74) is 3.93. The van der Waals surface area contributed by atoms with E-state index in [0.29, 0.717) is 0 Å². The number of amides is 1. The number of aryl methyl sites for hydroxylation is 3. The second-order valence-corrected chi connectivity index (χ2v) is 7.53. The molecule has 1 unspecified atom stereocenters. The topological polar surface area (TPSA) is 51.1 Å². The fraction of sp³-hybridized carbons (Fsp3) is 0.524. The zero-order valence-electron chi connectivity index (χ0n) is 15.7. The first-order valence-corrected chi connectivity index (χ1v) is 9.32. The minimum atomic E-state index is -0.515. The van der Waals surface area contributed by atoms with Crippen LogP contribution in [0.1, 0.15) is 61.8 Å². The lowest BCUT2D eigenvalue weighted by atomic mass is 9.95. The minimum absolute atomic E-state index is 0.0564. The number of carbonyl (C=O) groups excluding carboxylic acids is 1. The normalized spacial score (nSPS) is 16.8. The zero-order chi connectivity index (χ0) is 18.1. The fourth-order valence-electron chi connectivity index (χ4n) is 4.09. The third kappa shape index (κ3) is 3.48. The molecule has 0 spiro atoms. The standard InChI is InChI=1S/C21H28N2O2/c1-13-10-15(3)20-18(11-13)14(2)12-19(24)23(20)16(4)21(25)22-17-8-6-5-7-9-17/h10-12,16-17H,5-9H2,1-4H3,(H,22,25). The van der Waals surface area contributed by atoms with Gasteiger partial charge in [0, 0.05) is 17.5 Å². The highest BCUT2D eigenvalue weighted by Gasteiger charge is 2.23. The van der Waals surface area contributed by atoms with Crippen LogP contribution in [0.4, 0.5) is 0 Å². The molecule has 1 aromatic carbocycles. The number of rotatable bonds is 3. The lowest BCUT2D eigenvalue weighted by Gasteiger charge is -2.26. The van der Waals surface area contributed by atoms with Crippen LogP contribution in [0.15, 0.2) is 23.0 Å². The molecule has 4 nitrogen and oxygen atoms in total. The number of benzene rings is 1.